The maximum absolute atomic E-state index is 12.7. The minimum atomic E-state index is 0.000249. The van der Waals surface area contributed by atoms with E-state index in [0.29, 0.717) is 0 Å². The molecule has 2 bridgehead atoms. The highest BCUT2D eigenvalue weighted by molar-refractivity contribution is 5.86. The molecule has 2 amide bonds. The summed E-state index contributed by atoms with van der Waals surface area (Å²) in [7, 11) is 3.48. The van der Waals surface area contributed by atoms with Crippen molar-refractivity contribution in [3.05, 3.63) is 24.2 Å². The molecule has 4 rings (SSSR count). The van der Waals surface area contributed by atoms with Crippen LogP contribution in [-0.4, -0.2) is 72.8 Å². The number of hydrogen-bond donors (Lipinski definition) is 0. The quantitative estimate of drug-likeness (QED) is 0.785. The largest absolute Gasteiger partial charge is 0.469 e. The smallest absolute Gasteiger partial charge is 0.241 e. The molecular formula is C18H27N3O3. The lowest BCUT2D eigenvalue weighted by Crippen LogP contribution is -2.51. The number of rotatable bonds is 6. The first kappa shape index (κ1) is 17.0. The SMILES string of the molecule is CN(C)C(=O)CN1C(=O)[C@H]2CC[C@@H]1CN(CCCc1ccco1)C2. The van der Waals surface area contributed by atoms with Crippen LogP contribution in [0, 0.1) is 5.92 Å². The van der Waals surface area contributed by atoms with Crippen LogP contribution < -0.4 is 0 Å². The Morgan fingerprint density at radius 1 is 1.33 bits per heavy atom. The van der Waals surface area contributed by atoms with Gasteiger partial charge < -0.3 is 19.1 Å². The fraction of sp³-hybridized carbons (Fsp3) is 0.667. The van der Waals surface area contributed by atoms with E-state index in [9.17, 15) is 9.59 Å². The maximum Gasteiger partial charge on any atom is 0.241 e. The van der Waals surface area contributed by atoms with Crippen LogP contribution in [0.2, 0.25) is 0 Å². The fourth-order valence-electron chi connectivity index (χ4n) is 3.74. The molecule has 0 radical (unpaired) electrons. The second kappa shape index (κ2) is 7.38. The van der Waals surface area contributed by atoms with E-state index >= 15 is 0 Å². The molecule has 1 aromatic heterocycles. The van der Waals surface area contributed by atoms with Gasteiger partial charge in [-0.1, -0.05) is 0 Å². The number of carbonyl (C=O) groups excluding carboxylic acids is 2. The van der Waals surface area contributed by atoms with Crippen LogP contribution in [-0.2, 0) is 16.0 Å². The van der Waals surface area contributed by atoms with Crippen LogP contribution in [0.4, 0.5) is 0 Å². The zero-order chi connectivity index (χ0) is 17.1. The van der Waals surface area contributed by atoms with Gasteiger partial charge in [-0.25, -0.2) is 0 Å². The van der Waals surface area contributed by atoms with Crippen LogP contribution >= 0.6 is 0 Å². The van der Waals surface area contributed by atoms with Gasteiger partial charge in [-0.05, 0) is 37.9 Å². The third-order valence-corrected chi connectivity index (χ3v) is 5.15. The van der Waals surface area contributed by atoms with Crippen molar-refractivity contribution in [2.75, 3.05) is 40.3 Å². The topological polar surface area (TPSA) is 57.0 Å². The number of amides is 2. The molecule has 3 aliphatic heterocycles. The zero-order valence-electron chi connectivity index (χ0n) is 14.6. The standard InChI is InChI=1S/C18H27N3O3/c1-19(2)17(22)13-21-15-8-7-14(18(21)23)11-20(12-15)9-3-5-16-6-4-10-24-16/h4,6,10,14-15H,3,5,7-9,11-13H2,1-2H3/t14-,15+/m0/s1. The number of hydrogen-bond acceptors (Lipinski definition) is 4. The van der Waals surface area contributed by atoms with E-state index in [1.54, 1.807) is 25.3 Å². The highest BCUT2D eigenvalue weighted by Gasteiger charge is 2.41. The molecule has 3 saturated heterocycles. The molecule has 0 N–H and O–H groups in total. The monoisotopic (exact) mass is 333 g/mol. The van der Waals surface area contributed by atoms with E-state index in [4.69, 9.17) is 4.42 Å². The molecule has 0 aliphatic carbocycles. The second-order valence-corrected chi connectivity index (χ2v) is 7.12. The van der Waals surface area contributed by atoms with Crippen molar-refractivity contribution in [1.82, 2.24) is 14.7 Å². The minimum absolute atomic E-state index is 0.000249. The summed E-state index contributed by atoms with van der Waals surface area (Å²) in [4.78, 5) is 30.5. The third kappa shape index (κ3) is 3.80. The fourth-order valence-corrected chi connectivity index (χ4v) is 3.74. The molecule has 6 heteroatoms. The summed E-state index contributed by atoms with van der Waals surface area (Å²) in [5.41, 5.74) is 0. The van der Waals surface area contributed by atoms with Crippen molar-refractivity contribution >= 4 is 11.8 Å². The lowest BCUT2D eigenvalue weighted by Gasteiger charge is -2.36. The first-order valence-electron chi connectivity index (χ1n) is 8.80. The Labute approximate surface area is 143 Å². The van der Waals surface area contributed by atoms with E-state index in [0.717, 1.165) is 51.1 Å². The lowest BCUT2D eigenvalue weighted by molar-refractivity contribution is -0.145. The third-order valence-electron chi connectivity index (χ3n) is 5.15. The zero-order valence-corrected chi connectivity index (χ0v) is 14.6. The summed E-state index contributed by atoms with van der Waals surface area (Å²) in [6.45, 7) is 2.88. The predicted molar refractivity (Wildman–Crippen MR) is 90.4 cm³/mol. The summed E-state index contributed by atoms with van der Waals surface area (Å²) in [6, 6.07) is 4.09. The number of aryl methyl sites for hydroxylation is 1. The van der Waals surface area contributed by atoms with Crippen molar-refractivity contribution in [2.24, 2.45) is 5.92 Å². The van der Waals surface area contributed by atoms with Crippen molar-refractivity contribution in [3.8, 4) is 0 Å². The highest BCUT2D eigenvalue weighted by atomic mass is 16.3. The van der Waals surface area contributed by atoms with Crippen LogP contribution in [0.1, 0.15) is 25.0 Å². The average Bonchev–Trinajstić information content (AvgIpc) is 2.93. The second-order valence-electron chi connectivity index (χ2n) is 7.12. The molecule has 6 nitrogen and oxygen atoms in total. The summed E-state index contributed by atoms with van der Waals surface area (Å²) in [5, 5.41) is 0. The molecule has 132 valence electrons. The van der Waals surface area contributed by atoms with Crippen molar-refractivity contribution < 1.29 is 14.0 Å². The van der Waals surface area contributed by atoms with Gasteiger partial charge in [0, 0.05) is 39.6 Å². The van der Waals surface area contributed by atoms with Gasteiger partial charge in [0.2, 0.25) is 11.8 Å². The Bertz CT molecular complexity index is 570. The van der Waals surface area contributed by atoms with Gasteiger partial charge in [0.25, 0.3) is 0 Å². The summed E-state index contributed by atoms with van der Waals surface area (Å²) in [5.74, 6) is 1.22. The van der Waals surface area contributed by atoms with Gasteiger partial charge in [-0.2, -0.15) is 0 Å². The normalized spacial score (nSPS) is 24.2. The van der Waals surface area contributed by atoms with Gasteiger partial charge in [-0.3, -0.25) is 9.59 Å². The van der Waals surface area contributed by atoms with Crippen molar-refractivity contribution in [2.45, 2.75) is 31.7 Å². The Morgan fingerprint density at radius 3 is 2.88 bits per heavy atom. The van der Waals surface area contributed by atoms with Crippen LogP contribution in [0.15, 0.2) is 22.8 Å². The number of piperidine rings is 1. The molecule has 1 aromatic rings. The molecule has 2 atom stereocenters. The first-order chi connectivity index (χ1) is 11.5. The number of carbonyl (C=O) groups is 2. The van der Waals surface area contributed by atoms with Crippen LogP contribution in [0.25, 0.3) is 0 Å². The maximum atomic E-state index is 12.7. The Kier molecular flexibility index (Phi) is 5.23. The summed E-state index contributed by atoms with van der Waals surface area (Å²) < 4.78 is 5.38. The number of likely N-dealkylation sites (N-methyl/N-ethyl adjacent to an activating group) is 1. The predicted octanol–water partition coefficient (Wildman–Crippen LogP) is 1.22. The molecule has 0 spiro atoms. The van der Waals surface area contributed by atoms with Crippen molar-refractivity contribution in [3.63, 3.8) is 0 Å². The number of furan rings is 1. The number of nitrogens with zero attached hydrogens (tertiary/aromatic N) is 3. The molecule has 24 heavy (non-hydrogen) atoms. The van der Waals surface area contributed by atoms with Gasteiger partial charge in [0.1, 0.15) is 12.3 Å². The van der Waals surface area contributed by atoms with Crippen LogP contribution in [0.3, 0.4) is 0 Å². The van der Waals surface area contributed by atoms with Gasteiger partial charge >= 0.3 is 0 Å². The van der Waals surface area contributed by atoms with E-state index in [1.165, 1.54) is 0 Å². The van der Waals surface area contributed by atoms with Crippen molar-refractivity contribution in [1.29, 1.82) is 0 Å². The van der Waals surface area contributed by atoms with E-state index < -0.39 is 0 Å². The molecule has 0 unspecified atom stereocenters. The summed E-state index contributed by atoms with van der Waals surface area (Å²) in [6.07, 6.45) is 5.61. The Balaban J connectivity index is 1.57. The molecule has 3 aliphatic rings. The van der Waals surface area contributed by atoms with Gasteiger partial charge in [-0.15, -0.1) is 0 Å². The van der Waals surface area contributed by atoms with E-state index in [2.05, 4.69) is 4.90 Å². The number of fused-ring (bicyclic) bond motifs is 4. The Morgan fingerprint density at radius 2 is 2.17 bits per heavy atom. The van der Waals surface area contributed by atoms with E-state index in [1.807, 2.05) is 17.0 Å². The first-order valence-corrected chi connectivity index (χ1v) is 8.80. The van der Waals surface area contributed by atoms with Gasteiger partial charge in [0.15, 0.2) is 0 Å². The molecular weight excluding hydrogens is 306 g/mol. The van der Waals surface area contributed by atoms with Gasteiger partial charge in [0.05, 0.1) is 12.2 Å². The minimum Gasteiger partial charge on any atom is -0.469 e. The lowest BCUT2D eigenvalue weighted by atomic mass is 9.94. The highest BCUT2D eigenvalue weighted by Crippen LogP contribution is 2.29. The molecule has 0 saturated carbocycles. The molecule has 0 aromatic carbocycles. The molecule has 4 heterocycles. The van der Waals surface area contributed by atoms with E-state index in [-0.39, 0.29) is 30.3 Å². The average molecular weight is 333 g/mol. The molecule has 3 fully saturated rings. The van der Waals surface area contributed by atoms with Crippen LogP contribution in [0.5, 0.6) is 0 Å². The Hall–Kier alpha value is -1.82. The summed E-state index contributed by atoms with van der Waals surface area (Å²) >= 11 is 0.